The van der Waals surface area contributed by atoms with Gasteiger partial charge in [0.1, 0.15) is 15.9 Å². The number of aromatic nitrogens is 2. The van der Waals surface area contributed by atoms with Crippen molar-refractivity contribution in [2.75, 3.05) is 31.1 Å². The highest BCUT2D eigenvalue weighted by atomic mass is 32.2. The van der Waals surface area contributed by atoms with E-state index in [4.69, 9.17) is 0 Å². The molecule has 0 spiro atoms. The average molecular weight is 413 g/mol. The normalized spacial score (nSPS) is 21.4. The lowest BCUT2D eigenvalue weighted by Gasteiger charge is -2.39. The van der Waals surface area contributed by atoms with E-state index in [0.29, 0.717) is 23.5 Å². The monoisotopic (exact) mass is 412 g/mol. The fraction of sp³-hybridized carbons (Fsp3) is 0.647. The molecule has 1 aromatic carbocycles. The van der Waals surface area contributed by atoms with Gasteiger partial charge < -0.3 is 4.90 Å². The summed E-state index contributed by atoms with van der Waals surface area (Å²) in [4.78, 5) is 2.85. The molecule has 2 fully saturated rings. The highest BCUT2D eigenvalue weighted by molar-refractivity contribution is 7.99. The molecule has 26 heavy (non-hydrogen) atoms. The molecule has 0 aliphatic carbocycles. The minimum Gasteiger partial charge on any atom is -0.300 e. The Balaban J connectivity index is 1.33. The molecule has 2 aliphatic heterocycles. The number of benzene rings is 1. The van der Waals surface area contributed by atoms with Crippen molar-refractivity contribution in [3.05, 3.63) is 18.2 Å². The molecular weight excluding hydrogens is 388 g/mol. The van der Waals surface area contributed by atoms with Gasteiger partial charge in [0.2, 0.25) is 10.0 Å². The molecule has 6 nitrogen and oxygen atoms in total. The molecule has 0 radical (unpaired) electrons. The summed E-state index contributed by atoms with van der Waals surface area (Å²) in [6, 6.07) is 5.86. The smallest absolute Gasteiger partial charge is 0.242 e. The van der Waals surface area contributed by atoms with Gasteiger partial charge in [-0.3, -0.25) is 0 Å². The van der Waals surface area contributed by atoms with Crippen LogP contribution in [0.25, 0.3) is 11.0 Å². The number of rotatable bonds is 5. The first-order chi connectivity index (χ1) is 12.6. The SMILES string of the molecule is O=S(=O)(NCC1CCN(C2CCSCC2)CC1)c1cccc2nsnc12. The predicted molar refractivity (Wildman–Crippen MR) is 107 cm³/mol. The standard InChI is InChI=1S/C17H24N4O2S3/c22-26(23,16-3-1-2-15-17(16)20-25-19-15)18-12-13-4-8-21(9-5-13)14-6-10-24-11-7-14/h1-3,13-14,18H,4-12H2. The number of piperidine rings is 1. The minimum absolute atomic E-state index is 0.237. The van der Waals surface area contributed by atoms with Crippen LogP contribution in [0.15, 0.2) is 23.1 Å². The quantitative estimate of drug-likeness (QED) is 0.814. The molecule has 0 bridgehead atoms. The number of nitrogens with one attached hydrogen (secondary N) is 1. The van der Waals surface area contributed by atoms with Gasteiger partial charge in [-0.2, -0.15) is 20.5 Å². The van der Waals surface area contributed by atoms with Crippen molar-refractivity contribution < 1.29 is 8.42 Å². The molecule has 4 rings (SSSR count). The molecule has 2 aliphatic rings. The summed E-state index contributed by atoms with van der Waals surface area (Å²) in [6.45, 7) is 2.69. The Kier molecular flexibility index (Phi) is 5.80. The zero-order valence-corrected chi connectivity index (χ0v) is 17.1. The van der Waals surface area contributed by atoms with Crippen LogP contribution >= 0.6 is 23.5 Å². The molecule has 2 saturated heterocycles. The molecule has 1 aromatic heterocycles. The van der Waals surface area contributed by atoms with E-state index in [1.54, 1.807) is 18.2 Å². The Hall–Kier alpha value is -0.740. The van der Waals surface area contributed by atoms with E-state index < -0.39 is 10.0 Å². The third kappa shape index (κ3) is 4.06. The van der Waals surface area contributed by atoms with E-state index in [0.717, 1.165) is 43.7 Å². The highest BCUT2D eigenvalue weighted by Gasteiger charge is 2.27. The van der Waals surface area contributed by atoms with Crippen molar-refractivity contribution in [3.8, 4) is 0 Å². The minimum atomic E-state index is -3.55. The maximum atomic E-state index is 12.7. The zero-order chi connectivity index (χ0) is 18.0. The van der Waals surface area contributed by atoms with Crippen molar-refractivity contribution in [2.24, 2.45) is 5.92 Å². The molecular formula is C17H24N4O2S3. The van der Waals surface area contributed by atoms with Gasteiger partial charge in [0, 0.05) is 12.6 Å². The summed E-state index contributed by atoms with van der Waals surface area (Å²) in [5, 5.41) is 0. The Morgan fingerprint density at radius 3 is 2.65 bits per heavy atom. The molecule has 0 saturated carbocycles. The van der Waals surface area contributed by atoms with Crippen molar-refractivity contribution in [1.82, 2.24) is 18.4 Å². The number of fused-ring (bicyclic) bond motifs is 1. The van der Waals surface area contributed by atoms with Crippen LogP contribution < -0.4 is 4.72 Å². The van der Waals surface area contributed by atoms with E-state index in [2.05, 4.69) is 30.1 Å². The van der Waals surface area contributed by atoms with E-state index in [1.807, 2.05) is 0 Å². The summed E-state index contributed by atoms with van der Waals surface area (Å²) in [6.07, 6.45) is 4.73. The molecule has 0 atom stereocenters. The molecule has 2 aromatic rings. The summed E-state index contributed by atoms with van der Waals surface area (Å²) in [7, 11) is -3.55. The molecule has 1 N–H and O–H groups in total. The topological polar surface area (TPSA) is 75.2 Å². The second kappa shape index (κ2) is 8.10. The number of nitrogens with zero attached hydrogens (tertiary/aromatic N) is 3. The largest absolute Gasteiger partial charge is 0.300 e. The predicted octanol–water partition coefficient (Wildman–Crippen LogP) is 2.58. The van der Waals surface area contributed by atoms with E-state index in [1.165, 1.54) is 24.3 Å². The number of hydrogen-bond donors (Lipinski definition) is 1. The lowest BCUT2D eigenvalue weighted by atomic mass is 9.95. The Morgan fingerprint density at radius 2 is 1.88 bits per heavy atom. The molecule has 142 valence electrons. The number of hydrogen-bond acceptors (Lipinski definition) is 7. The van der Waals surface area contributed by atoms with Gasteiger partial charge in [-0.05, 0) is 68.3 Å². The van der Waals surface area contributed by atoms with Crippen LogP contribution in [0, 0.1) is 5.92 Å². The summed E-state index contributed by atoms with van der Waals surface area (Å²) in [5.41, 5.74) is 1.10. The van der Waals surface area contributed by atoms with Crippen LogP contribution in [0.4, 0.5) is 0 Å². The Bertz CT molecular complexity index is 841. The van der Waals surface area contributed by atoms with Crippen LogP contribution in [0.3, 0.4) is 0 Å². The lowest BCUT2D eigenvalue weighted by molar-refractivity contribution is 0.127. The first-order valence-corrected chi connectivity index (χ1v) is 12.5. The van der Waals surface area contributed by atoms with Gasteiger partial charge >= 0.3 is 0 Å². The number of thioether (sulfide) groups is 1. The second-order valence-corrected chi connectivity index (χ2v) is 10.6. The lowest BCUT2D eigenvalue weighted by Crippen LogP contribution is -2.44. The Labute approximate surface area is 163 Å². The number of sulfonamides is 1. The first kappa shape index (κ1) is 18.6. The zero-order valence-electron chi connectivity index (χ0n) is 14.6. The van der Waals surface area contributed by atoms with Gasteiger partial charge in [0.15, 0.2) is 0 Å². The summed E-state index contributed by atoms with van der Waals surface area (Å²) < 4.78 is 36.5. The maximum Gasteiger partial charge on any atom is 0.242 e. The fourth-order valence-electron chi connectivity index (χ4n) is 3.88. The van der Waals surface area contributed by atoms with Crippen molar-refractivity contribution in [2.45, 2.75) is 36.6 Å². The fourth-order valence-corrected chi connectivity index (χ4v) is 6.84. The van der Waals surface area contributed by atoms with E-state index in [9.17, 15) is 8.42 Å². The van der Waals surface area contributed by atoms with Crippen LogP contribution in [0.5, 0.6) is 0 Å². The van der Waals surface area contributed by atoms with Gasteiger partial charge in [-0.25, -0.2) is 13.1 Å². The summed E-state index contributed by atoms with van der Waals surface area (Å²) in [5.74, 6) is 2.97. The van der Waals surface area contributed by atoms with Gasteiger partial charge in [0.25, 0.3) is 0 Å². The van der Waals surface area contributed by atoms with Gasteiger partial charge in [0.05, 0.1) is 11.7 Å². The van der Waals surface area contributed by atoms with Crippen LogP contribution in [0.2, 0.25) is 0 Å². The maximum absolute atomic E-state index is 12.7. The van der Waals surface area contributed by atoms with Crippen LogP contribution in [-0.4, -0.2) is 59.2 Å². The van der Waals surface area contributed by atoms with E-state index >= 15 is 0 Å². The second-order valence-electron chi connectivity index (χ2n) is 7.06. The summed E-state index contributed by atoms with van der Waals surface area (Å²) >= 11 is 3.10. The van der Waals surface area contributed by atoms with Crippen molar-refractivity contribution in [1.29, 1.82) is 0 Å². The van der Waals surface area contributed by atoms with Crippen molar-refractivity contribution >= 4 is 44.5 Å². The molecule has 0 unspecified atom stereocenters. The highest BCUT2D eigenvalue weighted by Crippen LogP contribution is 2.27. The van der Waals surface area contributed by atoms with Gasteiger partial charge in [-0.1, -0.05) is 6.07 Å². The molecule has 9 heteroatoms. The van der Waals surface area contributed by atoms with E-state index in [-0.39, 0.29) is 4.90 Å². The molecule has 3 heterocycles. The van der Waals surface area contributed by atoms with Gasteiger partial charge in [-0.15, -0.1) is 0 Å². The number of likely N-dealkylation sites (tertiary alicyclic amines) is 1. The third-order valence-electron chi connectivity index (χ3n) is 5.46. The van der Waals surface area contributed by atoms with Crippen LogP contribution in [-0.2, 0) is 10.0 Å². The first-order valence-electron chi connectivity index (χ1n) is 9.16. The third-order valence-corrected chi connectivity index (χ3v) is 8.50. The Morgan fingerprint density at radius 1 is 1.12 bits per heavy atom. The average Bonchev–Trinajstić information content (AvgIpc) is 3.16. The molecule has 0 amide bonds. The van der Waals surface area contributed by atoms with Crippen LogP contribution in [0.1, 0.15) is 25.7 Å². The van der Waals surface area contributed by atoms with Crippen molar-refractivity contribution in [3.63, 3.8) is 0 Å².